The number of nitrogens with two attached hydrogens (primary N) is 1. The highest BCUT2D eigenvalue weighted by Crippen LogP contribution is 2.24. The number of benzene rings is 2. The lowest BCUT2D eigenvalue weighted by Gasteiger charge is -2.19. The van der Waals surface area contributed by atoms with Crippen LogP contribution >= 0.6 is 0 Å². The predicted molar refractivity (Wildman–Crippen MR) is 93.6 cm³/mol. The van der Waals surface area contributed by atoms with E-state index in [1.165, 1.54) is 22.3 Å². The van der Waals surface area contributed by atoms with Gasteiger partial charge >= 0.3 is 0 Å². The van der Waals surface area contributed by atoms with Crippen LogP contribution in [0, 0.1) is 13.8 Å². The van der Waals surface area contributed by atoms with Crippen LogP contribution < -0.4 is 10.5 Å². The summed E-state index contributed by atoms with van der Waals surface area (Å²) in [7, 11) is 0. The number of ether oxygens (including phenoxy) is 1. The molecule has 0 bridgehead atoms. The smallest absolute Gasteiger partial charge is 0.119 e. The summed E-state index contributed by atoms with van der Waals surface area (Å²) in [5, 5.41) is 0. The monoisotopic (exact) mass is 297 g/mol. The first kappa shape index (κ1) is 16.6. The van der Waals surface area contributed by atoms with Crippen molar-refractivity contribution in [1.82, 2.24) is 0 Å². The van der Waals surface area contributed by atoms with E-state index in [2.05, 4.69) is 57.2 Å². The fourth-order valence-corrected chi connectivity index (χ4v) is 2.77. The lowest BCUT2D eigenvalue weighted by molar-refractivity contribution is 0.298. The Bertz CT molecular complexity index is 606. The minimum atomic E-state index is 0.356. The summed E-state index contributed by atoms with van der Waals surface area (Å²) in [5.41, 5.74) is 11.3. The second-order valence-electron chi connectivity index (χ2n) is 5.93. The molecule has 2 nitrogen and oxygen atoms in total. The van der Waals surface area contributed by atoms with Gasteiger partial charge in [-0.3, -0.25) is 0 Å². The van der Waals surface area contributed by atoms with Gasteiger partial charge in [-0.05, 0) is 68.0 Å². The third kappa shape index (κ3) is 4.35. The molecule has 0 aromatic heterocycles. The largest absolute Gasteiger partial charge is 0.494 e. The predicted octanol–water partition coefficient (Wildman–Crippen LogP) is 4.38. The molecule has 118 valence electrons. The molecule has 2 N–H and O–H groups in total. The normalized spacial score (nSPS) is 12.2. The maximum atomic E-state index is 5.99. The molecule has 2 rings (SSSR count). The number of rotatable bonds is 7. The average molecular weight is 297 g/mol. The maximum absolute atomic E-state index is 5.99. The number of hydrogen-bond donors (Lipinski definition) is 1. The topological polar surface area (TPSA) is 35.2 Å². The van der Waals surface area contributed by atoms with Crippen molar-refractivity contribution < 1.29 is 4.74 Å². The van der Waals surface area contributed by atoms with E-state index < -0.39 is 0 Å². The molecule has 1 atom stereocenters. The van der Waals surface area contributed by atoms with Crippen LogP contribution in [0.4, 0.5) is 0 Å². The molecule has 0 heterocycles. The van der Waals surface area contributed by atoms with Crippen molar-refractivity contribution in [2.75, 3.05) is 13.2 Å². The first-order chi connectivity index (χ1) is 10.6. The summed E-state index contributed by atoms with van der Waals surface area (Å²) in [4.78, 5) is 0. The average Bonchev–Trinajstić information content (AvgIpc) is 2.54. The Hall–Kier alpha value is -1.80. The Kier molecular flexibility index (Phi) is 6.02. The fraction of sp³-hybridized carbons (Fsp3) is 0.400. The molecule has 1 unspecified atom stereocenters. The van der Waals surface area contributed by atoms with Gasteiger partial charge in [0.25, 0.3) is 0 Å². The zero-order chi connectivity index (χ0) is 15.9. The van der Waals surface area contributed by atoms with E-state index in [0.717, 1.165) is 18.6 Å². The molecule has 0 saturated heterocycles. The quantitative estimate of drug-likeness (QED) is 0.823. The van der Waals surface area contributed by atoms with E-state index >= 15 is 0 Å². The molecule has 22 heavy (non-hydrogen) atoms. The summed E-state index contributed by atoms with van der Waals surface area (Å²) in [6.07, 6.45) is 1.97. The van der Waals surface area contributed by atoms with E-state index in [4.69, 9.17) is 10.5 Å². The Morgan fingerprint density at radius 1 is 1.09 bits per heavy atom. The van der Waals surface area contributed by atoms with Crippen molar-refractivity contribution >= 4 is 0 Å². The van der Waals surface area contributed by atoms with E-state index in [0.29, 0.717) is 19.1 Å². The Balaban J connectivity index is 1.97. The Morgan fingerprint density at radius 3 is 2.64 bits per heavy atom. The zero-order valence-corrected chi connectivity index (χ0v) is 13.9. The molecular formula is C20H27NO. The standard InChI is InChI=1S/C20H27NO/c1-4-17-6-5-7-19(13-17)22-11-10-18(14-21)20-12-15(2)8-9-16(20)3/h5-9,12-13,18H,4,10-11,14,21H2,1-3H3. The van der Waals surface area contributed by atoms with Gasteiger partial charge in [0.15, 0.2) is 0 Å². The summed E-state index contributed by atoms with van der Waals surface area (Å²) < 4.78 is 5.92. The molecule has 0 aliphatic carbocycles. The summed E-state index contributed by atoms with van der Waals surface area (Å²) in [5.74, 6) is 1.31. The minimum Gasteiger partial charge on any atom is -0.494 e. The van der Waals surface area contributed by atoms with Crippen LogP contribution in [0.25, 0.3) is 0 Å². The van der Waals surface area contributed by atoms with Crippen LogP contribution in [0.15, 0.2) is 42.5 Å². The van der Waals surface area contributed by atoms with Gasteiger partial charge in [-0.2, -0.15) is 0 Å². The van der Waals surface area contributed by atoms with Crippen LogP contribution in [0.5, 0.6) is 5.75 Å². The number of hydrogen-bond acceptors (Lipinski definition) is 2. The molecule has 0 radical (unpaired) electrons. The van der Waals surface area contributed by atoms with Crippen molar-refractivity contribution in [3.05, 3.63) is 64.7 Å². The Labute approximate surface area is 134 Å². The van der Waals surface area contributed by atoms with Gasteiger partial charge in [-0.15, -0.1) is 0 Å². The first-order valence-corrected chi connectivity index (χ1v) is 8.13. The van der Waals surface area contributed by atoms with Crippen molar-refractivity contribution in [2.45, 2.75) is 39.5 Å². The van der Waals surface area contributed by atoms with Gasteiger partial charge in [0.2, 0.25) is 0 Å². The van der Waals surface area contributed by atoms with Gasteiger partial charge in [0, 0.05) is 0 Å². The molecule has 0 aliphatic rings. The van der Waals surface area contributed by atoms with Crippen LogP contribution in [0.3, 0.4) is 0 Å². The van der Waals surface area contributed by atoms with Gasteiger partial charge in [-0.1, -0.05) is 42.8 Å². The van der Waals surface area contributed by atoms with E-state index in [9.17, 15) is 0 Å². The third-order valence-electron chi connectivity index (χ3n) is 4.20. The van der Waals surface area contributed by atoms with Crippen LogP contribution in [0.1, 0.15) is 41.5 Å². The lowest BCUT2D eigenvalue weighted by atomic mass is 9.91. The van der Waals surface area contributed by atoms with Gasteiger partial charge < -0.3 is 10.5 Å². The molecule has 2 aromatic carbocycles. The first-order valence-electron chi connectivity index (χ1n) is 8.13. The van der Waals surface area contributed by atoms with Crippen molar-refractivity contribution in [3.8, 4) is 5.75 Å². The molecule has 0 spiro atoms. The van der Waals surface area contributed by atoms with E-state index in [1.807, 2.05) is 6.07 Å². The fourth-order valence-electron chi connectivity index (χ4n) is 2.77. The molecule has 0 amide bonds. The molecule has 0 aliphatic heterocycles. The SMILES string of the molecule is CCc1cccc(OCCC(CN)c2cc(C)ccc2C)c1. The highest BCUT2D eigenvalue weighted by atomic mass is 16.5. The highest BCUT2D eigenvalue weighted by Gasteiger charge is 2.12. The minimum absolute atomic E-state index is 0.356. The van der Waals surface area contributed by atoms with Crippen molar-refractivity contribution in [1.29, 1.82) is 0 Å². The molecule has 0 saturated carbocycles. The van der Waals surface area contributed by atoms with Crippen molar-refractivity contribution in [3.63, 3.8) is 0 Å². The van der Waals surface area contributed by atoms with Crippen LogP contribution in [-0.2, 0) is 6.42 Å². The van der Waals surface area contributed by atoms with Gasteiger partial charge in [0.1, 0.15) is 5.75 Å². The summed E-state index contributed by atoms with van der Waals surface area (Å²) in [6, 6.07) is 14.9. The highest BCUT2D eigenvalue weighted by molar-refractivity contribution is 5.33. The second-order valence-corrected chi connectivity index (χ2v) is 5.93. The van der Waals surface area contributed by atoms with Crippen LogP contribution in [0.2, 0.25) is 0 Å². The van der Waals surface area contributed by atoms with E-state index in [1.54, 1.807) is 0 Å². The Morgan fingerprint density at radius 2 is 1.91 bits per heavy atom. The molecular weight excluding hydrogens is 270 g/mol. The molecule has 2 heteroatoms. The zero-order valence-electron chi connectivity index (χ0n) is 13.9. The van der Waals surface area contributed by atoms with E-state index in [-0.39, 0.29) is 0 Å². The molecule has 2 aromatic rings. The number of aryl methyl sites for hydroxylation is 3. The second kappa shape index (κ2) is 8.00. The summed E-state index contributed by atoms with van der Waals surface area (Å²) >= 11 is 0. The third-order valence-corrected chi connectivity index (χ3v) is 4.20. The molecule has 0 fully saturated rings. The maximum Gasteiger partial charge on any atom is 0.119 e. The lowest BCUT2D eigenvalue weighted by Crippen LogP contribution is -2.16. The summed E-state index contributed by atoms with van der Waals surface area (Å²) in [6.45, 7) is 7.79. The van der Waals surface area contributed by atoms with Gasteiger partial charge in [-0.25, -0.2) is 0 Å². The van der Waals surface area contributed by atoms with Crippen LogP contribution in [-0.4, -0.2) is 13.2 Å². The van der Waals surface area contributed by atoms with Gasteiger partial charge in [0.05, 0.1) is 6.61 Å². The van der Waals surface area contributed by atoms with Crippen molar-refractivity contribution in [2.24, 2.45) is 5.73 Å².